The lowest BCUT2D eigenvalue weighted by Crippen LogP contribution is -2.35. The maximum Gasteiger partial charge on any atom is 0.252 e. The van der Waals surface area contributed by atoms with Gasteiger partial charge in [0.15, 0.2) is 0 Å². The molecule has 1 amide bonds. The molecule has 0 unspecified atom stereocenters. The van der Waals surface area contributed by atoms with Crippen LogP contribution in [-0.4, -0.2) is 49.1 Å². The third kappa shape index (κ3) is 4.98. The van der Waals surface area contributed by atoms with E-state index in [4.69, 9.17) is 4.74 Å². The summed E-state index contributed by atoms with van der Waals surface area (Å²) in [5.74, 6) is 0.445. The topological polar surface area (TPSA) is 54.5 Å². The quantitative estimate of drug-likeness (QED) is 0.786. The second-order valence-corrected chi connectivity index (χ2v) is 5.97. The van der Waals surface area contributed by atoms with Crippen molar-refractivity contribution in [3.05, 3.63) is 23.9 Å². The normalized spacial score (nSPS) is 15.8. The van der Waals surface area contributed by atoms with Gasteiger partial charge in [-0.3, -0.25) is 4.79 Å². The predicted octanol–water partition coefficient (Wildman–Crippen LogP) is 2.47. The molecule has 5 heteroatoms. The van der Waals surface area contributed by atoms with Gasteiger partial charge in [0.25, 0.3) is 5.91 Å². The van der Waals surface area contributed by atoms with Crippen LogP contribution in [0.15, 0.2) is 18.3 Å². The van der Waals surface area contributed by atoms with E-state index < -0.39 is 0 Å². The Labute approximate surface area is 133 Å². The third-order valence-corrected chi connectivity index (χ3v) is 4.38. The van der Waals surface area contributed by atoms with E-state index in [0.717, 1.165) is 19.0 Å². The van der Waals surface area contributed by atoms with Crippen LogP contribution in [0.2, 0.25) is 0 Å². The zero-order valence-electron chi connectivity index (χ0n) is 13.7. The number of pyridine rings is 1. The van der Waals surface area contributed by atoms with Gasteiger partial charge >= 0.3 is 0 Å². The van der Waals surface area contributed by atoms with Crippen LogP contribution in [0.5, 0.6) is 5.88 Å². The summed E-state index contributed by atoms with van der Waals surface area (Å²) >= 11 is 0. The molecule has 1 aliphatic rings. The van der Waals surface area contributed by atoms with Gasteiger partial charge in [-0.25, -0.2) is 4.98 Å². The zero-order valence-corrected chi connectivity index (χ0v) is 13.7. The van der Waals surface area contributed by atoms with Crippen LogP contribution in [0.1, 0.15) is 48.9 Å². The molecule has 1 N–H and O–H groups in total. The molecule has 0 spiro atoms. The second kappa shape index (κ2) is 8.73. The number of hydrogen-bond donors (Lipinski definition) is 1. The fraction of sp³-hybridized carbons (Fsp3) is 0.647. The number of hydrogen-bond acceptors (Lipinski definition) is 4. The Balaban J connectivity index is 1.65. The van der Waals surface area contributed by atoms with Crippen molar-refractivity contribution in [2.75, 3.05) is 27.2 Å². The van der Waals surface area contributed by atoms with Crippen molar-refractivity contribution in [3.63, 3.8) is 0 Å². The van der Waals surface area contributed by atoms with E-state index in [1.807, 2.05) is 0 Å². The van der Waals surface area contributed by atoms with Crippen molar-refractivity contribution in [1.29, 1.82) is 0 Å². The minimum atomic E-state index is -0.0736. The first-order chi connectivity index (χ1) is 10.7. The van der Waals surface area contributed by atoms with E-state index in [1.165, 1.54) is 32.1 Å². The Hall–Kier alpha value is -1.62. The van der Waals surface area contributed by atoms with Crippen LogP contribution >= 0.6 is 0 Å². The van der Waals surface area contributed by atoms with E-state index in [-0.39, 0.29) is 5.91 Å². The fourth-order valence-electron chi connectivity index (χ4n) is 2.97. The van der Waals surface area contributed by atoms with Gasteiger partial charge < -0.3 is 15.0 Å². The molecule has 0 aromatic carbocycles. The van der Waals surface area contributed by atoms with Crippen LogP contribution in [0.4, 0.5) is 0 Å². The third-order valence-electron chi connectivity index (χ3n) is 4.38. The molecular weight excluding hydrogens is 278 g/mol. The van der Waals surface area contributed by atoms with E-state index in [2.05, 4.69) is 22.2 Å². The van der Waals surface area contributed by atoms with Crippen molar-refractivity contribution in [2.45, 2.75) is 44.6 Å². The largest absolute Gasteiger partial charge is 0.481 e. The summed E-state index contributed by atoms with van der Waals surface area (Å²) in [6.45, 7) is 1.73. The molecule has 0 bridgehead atoms. The predicted molar refractivity (Wildman–Crippen MR) is 87.2 cm³/mol. The number of rotatable bonds is 7. The minimum Gasteiger partial charge on any atom is -0.481 e. The summed E-state index contributed by atoms with van der Waals surface area (Å²) < 4.78 is 4.98. The van der Waals surface area contributed by atoms with Gasteiger partial charge in [0.2, 0.25) is 5.88 Å². The van der Waals surface area contributed by atoms with E-state index >= 15 is 0 Å². The maximum absolute atomic E-state index is 12.0. The van der Waals surface area contributed by atoms with Crippen LogP contribution in [0.3, 0.4) is 0 Å². The lowest BCUT2D eigenvalue weighted by Gasteiger charge is -2.31. The molecule has 22 heavy (non-hydrogen) atoms. The van der Waals surface area contributed by atoms with Crippen LogP contribution in [0.25, 0.3) is 0 Å². The summed E-state index contributed by atoms with van der Waals surface area (Å²) in [7, 11) is 3.76. The number of amides is 1. The highest BCUT2D eigenvalue weighted by Gasteiger charge is 2.17. The first-order valence-corrected chi connectivity index (χ1v) is 8.19. The van der Waals surface area contributed by atoms with Gasteiger partial charge in [-0.1, -0.05) is 19.3 Å². The van der Waals surface area contributed by atoms with E-state index in [0.29, 0.717) is 18.0 Å². The number of methoxy groups -OCH3 is 1. The Morgan fingerprint density at radius 1 is 1.36 bits per heavy atom. The molecule has 122 valence electrons. The van der Waals surface area contributed by atoms with Gasteiger partial charge in [-0.15, -0.1) is 0 Å². The average molecular weight is 305 g/mol. The highest BCUT2D eigenvalue weighted by molar-refractivity contribution is 5.93. The van der Waals surface area contributed by atoms with Crippen molar-refractivity contribution in [2.24, 2.45) is 0 Å². The monoisotopic (exact) mass is 305 g/mol. The summed E-state index contributed by atoms with van der Waals surface area (Å²) in [6, 6.07) is 4.16. The molecule has 1 heterocycles. The summed E-state index contributed by atoms with van der Waals surface area (Å²) in [5.41, 5.74) is 0.571. The lowest BCUT2D eigenvalue weighted by atomic mass is 9.94. The van der Waals surface area contributed by atoms with Crippen molar-refractivity contribution >= 4 is 5.91 Å². The molecule has 1 aliphatic carbocycles. The summed E-state index contributed by atoms with van der Waals surface area (Å²) in [5, 5.41) is 2.95. The maximum atomic E-state index is 12.0. The molecule has 0 saturated heterocycles. The summed E-state index contributed by atoms with van der Waals surface area (Å²) in [6.07, 6.45) is 9.26. The molecular formula is C17H27N3O2. The van der Waals surface area contributed by atoms with Crippen molar-refractivity contribution in [3.8, 4) is 5.88 Å². The first-order valence-electron chi connectivity index (χ1n) is 8.19. The number of ether oxygens (including phenoxy) is 1. The van der Waals surface area contributed by atoms with Crippen molar-refractivity contribution in [1.82, 2.24) is 15.2 Å². The first kappa shape index (κ1) is 16.7. The number of aromatic nitrogens is 1. The van der Waals surface area contributed by atoms with Crippen LogP contribution < -0.4 is 10.1 Å². The highest BCUT2D eigenvalue weighted by atomic mass is 16.5. The summed E-state index contributed by atoms with van der Waals surface area (Å²) in [4.78, 5) is 18.5. The molecule has 5 nitrogen and oxygen atoms in total. The van der Waals surface area contributed by atoms with Crippen LogP contribution in [0, 0.1) is 0 Å². The number of nitrogens with one attached hydrogen (secondary N) is 1. The zero-order chi connectivity index (χ0) is 15.8. The molecule has 1 fully saturated rings. The van der Waals surface area contributed by atoms with E-state index in [1.54, 1.807) is 25.4 Å². The second-order valence-electron chi connectivity index (χ2n) is 5.97. The van der Waals surface area contributed by atoms with Crippen LogP contribution in [-0.2, 0) is 0 Å². The fourth-order valence-corrected chi connectivity index (χ4v) is 2.97. The van der Waals surface area contributed by atoms with E-state index in [9.17, 15) is 4.79 Å². The minimum absolute atomic E-state index is 0.0736. The lowest BCUT2D eigenvalue weighted by molar-refractivity contribution is 0.0950. The van der Waals surface area contributed by atoms with Gasteiger partial charge in [-0.05, 0) is 38.9 Å². The Morgan fingerprint density at radius 2 is 2.14 bits per heavy atom. The molecule has 2 rings (SSSR count). The smallest absolute Gasteiger partial charge is 0.252 e. The number of carbonyl (C=O) groups is 1. The van der Waals surface area contributed by atoms with Gasteiger partial charge in [0, 0.05) is 24.8 Å². The Kier molecular flexibility index (Phi) is 6.65. The highest BCUT2D eigenvalue weighted by Crippen LogP contribution is 2.21. The van der Waals surface area contributed by atoms with Gasteiger partial charge in [0.1, 0.15) is 0 Å². The van der Waals surface area contributed by atoms with Gasteiger partial charge in [-0.2, -0.15) is 0 Å². The van der Waals surface area contributed by atoms with Crippen molar-refractivity contribution < 1.29 is 9.53 Å². The average Bonchev–Trinajstić information content (AvgIpc) is 2.59. The molecule has 1 aromatic heterocycles. The Bertz CT molecular complexity index is 455. The molecule has 0 radical (unpaired) electrons. The Morgan fingerprint density at radius 3 is 2.77 bits per heavy atom. The number of carbonyl (C=O) groups excluding carboxylic acids is 1. The molecule has 0 atom stereocenters. The SMILES string of the molecule is COc1ccc(C(=O)NCCCN(C)C2CCCCC2)cn1. The van der Waals surface area contributed by atoms with Gasteiger partial charge in [0.05, 0.1) is 12.7 Å². The molecule has 1 aromatic rings. The molecule has 0 aliphatic heterocycles. The number of nitrogens with zero attached hydrogens (tertiary/aromatic N) is 2. The molecule has 1 saturated carbocycles. The standard InChI is InChI=1S/C17H27N3O2/c1-20(15-7-4-3-5-8-15)12-6-11-18-17(21)14-9-10-16(22-2)19-13-14/h9-10,13,15H,3-8,11-12H2,1-2H3,(H,18,21).